The van der Waals surface area contributed by atoms with Gasteiger partial charge >= 0.3 is 117 Å². The number of aliphatic hydroxyl groups is 1. The van der Waals surface area contributed by atoms with Crippen LogP contribution in [0, 0.1) is 0 Å². The van der Waals surface area contributed by atoms with Gasteiger partial charge in [-0.15, -0.1) is 0 Å². The number of ether oxygens (including phenoxy) is 1. The molecule has 1 N–H and O–H groups in total. The van der Waals surface area contributed by atoms with E-state index in [-0.39, 0.29) is 0 Å². The van der Waals surface area contributed by atoms with Gasteiger partial charge in [0.15, 0.2) is 0 Å². The molecular formula is C17H26FeO2Si. The normalized spacial score (nSPS) is 103. The van der Waals surface area contributed by atoms with Gasteiger partial charge in [0, 0.05) is 0 Å². The predicted octanol–water partition coefficient (Wildman–Crippen LogP) is 4.39. The van der Waals surface area contributed by atoms with Crippen LogP contribution >= 0.6 is 0 Å². The summed E-state index contributed by atoms with van der Waals surface area (Å²) in [4.78, 5) is 11.2. The fourth-order valence-corrected chi connectivity index (χ4v) is 123. The second-order valence-corrected chi connectivity index (χ2v) is 42.4. The SMILES string of the molecule is C[Si](C)(C)[C]12[CH]3[CH]4[CH]5[C]1(COCCCO)[Fe]45321678[CH]2[CH]1[CH]6[CH]7[CH]28. The van der Waals surface area contributed by atoms with E-state index in [4.69, 9.17) is 9.84 Å². The van der Waals surface area contributed by atoms with E-state index in [1.807, 2.05) is 0 Å². The van der Waals surface area contributed by atoms with Gasteiger partial charge < -0.3 is 0 Å². The van der Waals surface area contributed by atoms with Crippen molar-refractivity contribution in [3.63, 3.8) is 0 Å². The van der Waals surface area contributed by atoms with E-state index >= 15 is 0 Å². The molecule has 1 spiro atoms. The summed E-state index contributed by atoms with van der Waals surface area (Å²) in [6.45, 7) is 7.43. The number of rotatable bonds is 6. The quantitative estimate of drug-likeness (QED) is 0.571. The van der Waals surface area contributed by atoms with E-state index in [0.717, 1.165) is 21.3 Å². The Morgan fingerprint density at radius 2 is 1.62 bits per heavy atom. The Bertz CT molecular complexity index is 1050. The standard InChI is InChI=1S/C12H21O2Si.C5H5.Fe/c1-15(2,3)12-7-4-6-11(12)10-14-9-5-8-13;1-2-4-5-3-1;/h4,6-7,13H,5,8-10H2,1-3H3;1-5H;. The van der Waals surface area contributed by atoms with Gasteiger partial charge in [-0.05, 0) is 0 Å². The van der Waals surface area contributed by atoms with E-state index in [1.54, 1.807) is 0 Å². The predicted molar refractivity (Wildman–Crippen MR) is 81.3 cm³/mol. The average Bonchev–Trinajstić information content (AvgIpc) is 3.35. The van der Waals surface area contributed by atoms with Crippen LogP contribution in [0.2, 0.25) is 66.4 Å². The molecule has 118 valence electrons. The molecule has 21 heavy (non-hydrogen) atoms. The molecule has 0 saturated carbocycles. The van der Waals surface area contributed by atoms with Crippen LogP contribution in [0.3, 0.4) is 0 Å². The van der Waals surface area contributed by atoms with E-state index in [2.05, 4.69) is 19.6 Å². The van der Waals surface area contributed by atoms with E-state index in [1.165, 1.54) is 45.1 Å². The van der Waals surface area contributed by atoms with Crippen LogP contribution in [0.4, 0.5) is 0 Å². The molecule has 0 bridgehead atoms. The topological polar surface area (TPSA) is 29.5 Å². The second-order valence-electron chi connectivity index (χ2n) is 13.3. The van der Waals surface area contributed by atoms with Gasteiger partial charge in [0.05, 0.1) is 0 Å². The van der Waals surface area contributed by atoms with Crippen LogP contribution in [-0.4, -0.2) is 33.0 Å². The molecule has 4 heteroatoms. The summed E-state index contributed by atoms with van der Waals surface area (Å²) >= 11 is 0. The number of fused-ring (bicyclic) bond motifs is 10. The van der Waals surface area contributed by atoms with Gasteiger partial charge in [-0.25, -0.2) is 0 Å². The Morgan fingerprint density at radius 3 is 2.00 bits per heavy atom. The molecule has 10 saturated heterocycles. The summed E-state index contributed by atoms with van der Waals surface area (Å²) in [5.74, 6) is 0. The maximum absolute atomic E-state index is 9.05. The summed E-state index contributed by atoms with van der Waals surface area (Å²) in [6.07, 6.45) is 0.849. The molecule has 10 heterocycles. The zero-order valence-corrected chi connectivity index (χ0v) is 15.3. The first-order chi connectivity index (χ1) is 9.75. The molecule has 0 aromatic heterocycles. The molecule has 0 aromatic carbocycles. The fraction of sp³-hybridized carbons (Fsp3) is 1.00. The Kier molecular flexibility index (Phi) is 0.435. The van der Waals surface area contributed by atoms with E-state index in [9.17, 15) is 0 Å². The van der Waals surface area contributed by atoms with Crippen molar-refractivity contribution in [3.8, 4) is 0 Å². The van der Waals surface area contributed by atoms with Crippen molar-refractivity contribution in [2.24, 2.45) is 0 Å². The number of hydrogen-bond acceptors (Lipinski definition) is 2. The Hall–Kier alpha value is 0.656. The first kappa shape index (κ1) is 9.83. The molecule has 2 nitrogen and oxygen atoms in total. The number of hydrogen-bond donors (Lipinski definition) is 1. The molecule has 10 aliphatic heterocycles. The molecule has 10 aliphatic rings. The van der Waals surface area contributed by atoms with E-state index < -0.39 is 14.6 Å². The molecule has 0 aliphatic carbocycles. The Labute approximate surface area is 117 Å². The molecule has 5 atom stereocenters. The second kappa shape index (κ2) is 0.930. The third-order valence-corrected chi connectivity index (χ3v) is 69.7. The zero-order valence-electron chi connectivity index (χ0n) is 13.2. The minimum absolute atomic E-state index is 0.302. The Balaban J connectivity index is 1.33. The average molecular weight is 346 g/mol. The van der Waals surface area contributed by atoms with Gasteiger partial charge in [0.1, 0.15) is 0 Å². The van der Waals surface area contributed by atoms with Gasteiger partial charge in [0.25, 0.3) is 0 Å². The van der Waals surface area contributed by atoms with Crippen molar-refractivity contribution in [1.82, 2.24) is 0 Å². The van der Waals surface area contributed by atoms with Crippen molar-refractivity contribution in [1.29, 1.82) is 0 Å². The molecular weight excluding hydrogens is 320 g/mol. The van der Waals surface area contributed by atoms with E-state index in [0.29, 0.717) is 6.61 Å². The summed E-state index contributed by atoms with van der Waals surface area (Å²) < 4.78 is 8.22. The van der Waals surface area contributed by atoms with Crippen LogP contribution in [0.1, 0.15) is 6.42 Å². The molecule has 10 rings (SSSR count). The number of aliphatic hydroxyl groups excluding tert-OH is 1. The summed E-state index contributed by atoms with van der Waals surface area (Å²) in [6, 6.07) is 0. The van der Waals surface area contributed by atoms with Crippen molar-refractivity contribution in [2.75, 3.05) is 19.8 Å². The minimum atomic E-state index is -3.13. The van der Waals surface area contributed by atoms with Crippen LogP contribution in [0.15, 0.2) is 0 Å². The van der Waals surface area contributed by atoms with Crippen LogP contribution in [-0.2, 0) is 11.2 Å². The van der Waals surface area contributed by atoms with Crippen molar-refractivity contribution < 1.29 is 16.4 Å². The van der Waals surface area contributed by atoms with Crippen LogP contribution in [0.5, 0.6) is 0 Å². The molecule has 0 aromatic rings. The third-order valence-electron chi connectivity index (χ3n) is 17.0. The summed E-state index contributed by atoms with van der Waals surface area (Å²) in [7, 11) is -1.07. The third kappa shape index (κ3) is 0.121. The fourth-order valence-electron chi connectivity index (χ4n) is 20.1. The van der Waals surface area contributed by atoms with Crippen molar-refractivity contribution in [2.45, 2.75) is 72.8 Å². The molecule has 0 amide bonds. The van der Waals surface area contributed by atoms with Crippen LogP contribution in [0.25, 0.3) is 0 Å². The first-order valence-electron chi connectivity index (χ1n) is 9.14. The molecule has 10 fully saturated rings. The van der Waals surface area contributed by atoms with Gasteiger partial charge in [-0.2, -0.15) is 0 Å². The summed E-state index contributed by atoms with van der Waals surface area (Å²) in [5, 5.41) is 9.05. The molecule has 0 radical (unpaired) electrons. The molecule has 5 unspecified atom stereocenters. The van der Waals surface area contributed by atoms with Crippen molar-refractivity contribution >= 4 is 8.07 Å². The van der Waals surface area contributed by atoms with Crippen LogP contribution < -0.4 is 0 Å². The monoisotopic (exact) mass is 346 g/mol. The Morgan fingerprint density at radius 1 is 1.00 bits per heavy atom. The first-order valence-corrected chi connectivity index (χ1v) is 18.8. The zero-order chi connectivity index (χ0) is 14.0. The maximum atomic E-state index is 9.05. The van der Waals surface area contributed by atoms with Crippen molar-refractivity contribution in [3.05, 3.63) is 0 Å². The summed E-state index contributed by atoms with van der Waals surface area (Å²) in [5.41, 5.74) is 0. The van der Waals surface area contributed by atoms with Gasteiger partial charge in [-0.1, -0.05) is 0 Å². The van der Waals surface area contributed by atoms with Gasteiger partial charge in [0.2, 0.25) is 0 Å². The van der Waals surface area contributed by atoms with Gasteiger partial charge in [-0.3, -0.25) is 0 Å².